The van der Waals surface area contributed by atoms with Gasteiger partial charge in [0.15, 0.2) is 16.1 Å². The van der Waals surface area contributed by atoms with Gasteiger partial charge in [0.05, 0.1) is 16.7 Å². The SMILES string of the molecule is Cc1ccc(-n2c(SCC(=O)c3cc(C)n(-c4nccs4)c3C)nc3ccccc3c2=O)nc1. The van der Waals surface area contributed by atoms with Crippen molar-refractivity contribution in [1.82, 2.24) is 24.1 Å². The molecule has 7 nitrogen and oxygen atoms in total. The molecule has 0 aliphatic rings. The van der Waals surface area contributed by atoms with Crippen LogP contribution in [0, 0.1) is 20.8 Å². The van der Waals surface area contributed by atoms with Gasteiger partial charge < -0.3 is 0 Å². The highest BCUT2D eigenvalue weighted by Gasteiger charge is 2.20. The Kier molecular flexibility index (Phi) is 5.89. The highest BCUT2D eigenvalue weighted by atomic mass is 32.2. The van der Waals surface area contributed by atoms with Crippen molar-refractivity contribution in [3.63, 3.8) is 0 Å². The molecule has 0 N–H and O–H groups in total. The van der Waals surface area contributed by atoms with E-state index in [1.54, 1.807) is 30.6 Å². The van der Waals surface area contributed by atoms with Gasteiger partial charge in [0, 0.05) is 34.7 Å². The molecule has 4 heterocycles. The lowest BCUT2D eigenvalue weighted by Gasteiger charge is -2.12. The molecule has 0 spiro atoms. The molecule has 170 valence electrons. The monoisotopic (exact) mass is 487 g/mol. The maximum absolute atomic E-state index is 13.4. The summed E-state index contributed by atoms with van der Waals surface area (Å²) < 4.78 is 3.47. The van der Waals surface area contributed by atoms with Gasteiger partial charge in [-0.25, -0.2) is 19.5 Å². The predicted octanol–water partition coefficient (Wildman–Crippen LogP) is 4.93. The fourth-order valence-corrected chi connectivity index (χ4v) is 5.51. The van der Waals surface area contributed by atoms with Gasteiger partial charge in [-0.1, -0.05) is 30.0 Å². The normalized spacial score (nSPS) is 11.3. The topological polar surface area (TPSA) is 82.7 Å². The average Bonchev–Trinajstić information content (AvgIpc) is 3.46. The lowest BCUT2D eigenvalue weighted by Crippen LogP contribution is -2.23. The Bertz CT molecular complexity index is 1570. The number of carbonyl (C=O) groups is 1. The molecule has 0 aliphatic carbocycles. The van der Waals surface area contributed by atoms with E-state index in [0.29, 0.717) is 27.4 Å². The number of hydrogen-bond donors (Lipinski definition) is 0. The van der Waals surface area contributed by atoms with Gasteiger partial charge in [-0.05, 0) is 50.6 Å². The van der Waals surface area contributed by atoms with Crippen molar-refractivity contribution in [3.05, 3.63) is 93.1 Å². The van der Waals surface area contributed by atoms with Crippen LogP contribution in [-0.4, -0.2) is 35.6 Å². The predicted molar refractivity (Wildman–Crippen MR) is 136 cm³/mol. The van der Waals surface area contributed by atoms with E-state index in [9.17, 15) is 9.59 Å². The van der Waals surface area contributed by atoms with Gasteiger partial charge in [0.25, 0.3) is 5.56 Å². The third-order valence-corrected chi connectivity index (χ3v) is 7.24. The van der Waals surface area contributed by atoms with E-state index in [4.69, 9.17) is 4.98 Å². The van der Waals surface area contributed by atoms with Crippen LogP contribution in [0.1, 0.15) is 27.3 Å². The Balaban J connectivity index is 1.52. The number of aryl methyl sites for hydroxylation is 2. The number of benzene rings is 1. The number of ketones is 1. The minimum absolute atomic E-state index is 0.0354. The minimum atomic E-state index is -0.209. The Labute approximate surface area is 204 Å². The van der Waals surface area contributed by atoms with Crippen molar-refractivity contribution < 1.29 is 4.79 Å². The van der Waals surface area contributed by atoms with Gasteiger partial charge >= 0.3 is 0 Å². The molecule has 9 heteroatoms. The summed E-state index contributed by atoms with van der Waals surface area (Å²) in [6, 6.07) is 12.8. The third kappa shape index (κ3) is 3.97. The standard InChI is InChI=1S/C25H21N5O2S2/c1-15-8-9-22(27-13-15)30-23(32)18-6-4-5-7-20(18)28-25(30)34-14-21(31)19-12-16(2)29(17(19)3)24-26-10-11-33-24/h4-13H,14H2,1-3H3. The Morgan fingerprint density at radius 3 is 2.62 bits per heavy atom. The molecule has 0 aliphatic heterocycles. The number of carbonyl (C=O) groups excluding carboxylic acids is 1. The van der Waals surface area contributed by atoms with Crippen molar-refractivity contribution in [2.45, 2.75) is 25.9 Å². The van der Waals surface area contributed by atoms with Crippen LogP contribution < -0.4 is 5.56 Å². The molecule has 5 rings (SSSR count). The van der Waals surface area contributed by atoms with E-state index in [0.717, 1.165) is 22.1 Å². The zero-order valence-corrected chi connectivity index (χ0v) is 20.5. The van der Waals surface area contributed by atoms with E-state index >= 15 is 0 Å². The number of rotatable bonds is 6. The van der Waals surface area contributed by atoms with Gasteiger partial charge in [0.1, 0.15) is 5.82 Å². The van der Waals surface area contributed by atoms with Crippen LogP contribution in [0.4, 0.5) is 0 Å². The number of thiazole rings is 1. The van der Waals surface area contributed by atoms with E-state index in [2.05, 4.69) is 9.97 Å². The molecule has 0 radical (unpaired) electrons. The first-order valence-corrected chi connectivity index (χ1v) is 12.5. The van der Waals surface area contributed by atoms with E-state index in [-0.39, 0.29) is 17.1 Å². The molecule has 0 atom stereocenters. The zero-order valence-electron chi connectivity index (χ0n) is 18.8. The van der Waals surface area contributed by atoms with Crippen molar-refractivity contribution in [2.75, 3.05) is 5.75 Å². The second kappa shape index (κ2) is 9.00. The second-order valence-corrected chi connectivity index (χ2v) is 9.71. The molecule has 4 aromatic heterocycles. The smallest absolute Gasteiger partial charge is 0.267 e. The average molecular weight is 488 g/mol. The van der Waals surface area contributed by atoms with Gasteiger partial charge in [0.2, 0.25) is 0 Å². The summed E-state index contributed by atoms with van der Waals surface area (Å²) in [5.74, 6) is 0.580. The number of nitrogens with zero attached hydrogens (tertiary/aromatic N) is 5. The molecule has 0 bridgehead atoms. The molecule has 0 saturated heterocycles. The second-order valence-electron chi connectivity index (χ2n) is 7.89. The quantitative estimate of drug-likeness (QED) is 0.192. The number of pyridine rings is 1. The van der Waals surface area contributed by atoms with Crippen LogP contribution >= 0.6 is 23.1 Å². The van der Waals surface area contributed by atoms with E-state index < -0.39 is 0 Å². The van der Waals surface area contributed by atoms with E-state index in [1.807, 2.05) is 55.0 Å². The van der Waals surface area contributed by atoms with Crippen molar-refractivity contribution in [2.24, 2.45) is 0 Å². The number of hydrogen-bond acceptors (Lipinski definition) is 7. The summed E-state index contributed by atoms with van der Waals surface area (Å²) in [4.78, 5) is 40.1. The highest BCUT2D eigenvalue weighted by molar-refractivity contribution is 7.99. The fourth-order valence-electron chi connectivity index (χ4n) is 3.88. The Hall–Kier alpha value is -3.56. The Morgan fingerprint density at radius 1 is 1.06 bits per heavy atom. The first-order valence-electron chi connectivity index (χ1n) is 10.6. The molecule has 0 saturated carbocycles. The van der Waals surface area contributed by atoms with Crippen molar-refractivity contribution in [3.8, 4) is 10.9 Å². The summed E-state index contributed by atoms with van der Waals surface area (Å²) in [5, 5.41) is 3.68. The molecular weight excluding hydrogens is 466 g/mol. The van der Waals surface area contributed by atoms with Crippen LogP contribution in [0.15, 0.2) is 70.2 Å². The first kappa shape index (κ1) is 22.2. The minimum Gasteiger partial charge on any atom is -0.294 e. The zero-order chi connectivity index (χ0) is 23.8. The molecule has 1 aromatic carbocycles. The number of thioether (sulfide) groups is 1. The number of aromatic nitrogens is 5. The van der Waals surface area contributed by atoms with Crippen LogP contribution in [0.2, 0.25) is 0 Å². The molecular formula is C25H21N5O2S2. The molecule has 34 heavy (non-hydrogen) atoms. The molecule has 5 aromatic rings. The van der Waals surface area contributed by atoms with Gasteiger partial charge in [-0.3, -0.25) is 14.2 Å². The van der Waals surface area contributed by atoms with Crippen LogP contribution in [0.25, 0.3) is 21.9 Å². The summed E-state index contributed by atoms with van der Waals surface area (Å²) in [6.45, 7) is 5.82. The maximum Gasteiger partial charge on any atom is 0.267 e. The largest absolute Gasteiger partial charge is 0.294 e. The number of para-hydroxylation sites is 1. The van der Waals surface area contributed by atoms with Gasteiger partial charge in [-0.2, -0.15) is 0 Å². The molecule has 0 fully saturated rings. The highest BCUT2D eigenvalue weighted by Crippen LogP contribution is 2.26. The number of Topliss-reactive ketones (excluding diaryl/α,β-unsaturated/α-hetero) is 1. The fraction of sp³-hybridized carbons (Fsp3) is 0.160. The summed E-state index contributed by atoms with van der Waals surface area (Å²) in [5.41, 5.74) is 3.81. The molecule has 0 unspecified atom stereocenters. The lowest BCUT2D eigenvalue weighted by atomic mass is 10.2. The third-order valence-electron chi connectivity index (χ3n) is 5.54. The van der Waals surface area contributed by atoms with Crippen LogP contribution in [-0.2, 0) is 0 Å². The molecule has 0 amide bonds. The van der Waals surface area contributed by atoms with Gasteiger partial charge in [-0.15, -0.1) is 11.3 Å². The van der Waals surface area contributed by atoms with Crippen LogP contribution in [0.3, 0.4) is 0 Å². The van der Waals surface area contributed by atoms with Crippen molar-refractivity contribution >= 4 is 39.8 Å². The summed E-state index contributed by atoms with van der Waals surface area (Å²) in [7, 11) is 0. The van der Waals surface area contributed by atoms with Crippen LogP contribution in [0.5, 0.6) is 0 Å². The van der Waals surface area contributed by atoms with Crippen molar-refractivity contribution in [1.29, 1.82) is 0 Å². The lowest BCUT2D eigenvalue weighted by molar-refractivity contribution is 0.102. The van der Waals surface area contributed by atoms with E-state index in [1.165, 1.54) is 27.7 Å². The first-order chi connectivity index (χ1) is 16.4. The summed E-state index contributed by atoms with van der Waals surface area (Å²) in [6.07, 6.45) is 3.46. The summed E-state index contributed by atoms with van der Waals surface area (Å²) >= 11 is 2.76. The maximum atomic E-state index is 13.4. The Morgan fingerprint density at radius 2 is 1.88 bits per heavy atom. The number of fused-ring (bicyclic) bond motifs is 1.